The number of rotatable bonds is 3. The Hall–Kier alpha value is -1.85. The van der Waals surface area contributed by atoms with Gasteiger partial charge in [0.15, 0.2) is 11.1 Å². The summed E-state index contributed by atoms with van der Waals surface area (Å²) >= 11 is -2.08. The molecule has 1 heterocycles. The van der Waals surface area contributed by atoms with E-state index in [4.69, 9.17) is 4.55 Å². The average molecular weight is 247 g/mol. The van der Waals surface area contributed by atoms with Gasteiger partial charge in [-0.1, -0.05) is 18.2 Å². The first-order valence-corrected chi connectivity index (χ1v) is 5.96. The first-order valence-electron chi connectivity index (χ1n) is 4.85. The van der Waals surface area contributed by atoms with Gasteiger partial charge in [-0.25, -0.2) is 4.21 Å². The molecule has 2 rings (SSSR count). The number of hydrogen-bond donors (Lipinski definition) is 1. The monoisotopic (exact) mass is 247 g/mol. The summed E-state index contributed by atoms with van der Waals surface area (Å²) in [6, 6.07) is 11.1. The van der Waals surface area contributed by atoms with Gasteiger partial charge >= 0.3 is 0 Å². The van der Waals surface area contributed by atoms with E-state index < -0.39 is 11.1 Å². The first-order chi connectivity index (χ1) is 8.18. The van der Waals surface area contributed by atoms with Crippen molar-refractivity contribution < 1.29 is 13.6 Å². The van der Waals surface area contributed by atoms with E-state index in [-0.39, 0.29) is 10.7 Å². The lowest BCUT2D eigenvalue weighted by Gasteiger charge is -2.01. The largest absolute Gasteiger partial charge is 0.302 e. The summed E-state index contributed by atoms with van der Waals surface area (Å²) in [5.41, 5.74) is 0.664. The molecule has 0 bridgehead atoms. The highest BCUT2D eigenvalue weighted by molar-refractivity contribution is 7.79. The summed E-state index contributed by atoms with van der Waals surface area (Å²) in [7, 11) is 0. The molecule has 0 aliphatic heterocycles. The quantitative estimate of drug-likeness (QED) is 0.664. The van der Waals surface area contributed by atoms with E-state index in [0.29, 0.717) is 11.3 Å². The Morgan fingerprint density at radius 3 is 2.65 bits per heavy atom. The van der Waals surface area contributed by atoms with Crippen LogP contribution in [0.4, 0.5) is 0 Å². The van der Waals surface area contributed by atoms with E-state index in [0.717, 1.165) is 0 Å². The van der Waals surface area contributed by atoms with E-state index in [1.54, 1.807) is 30.3 Å². The van der Waals surface area contributed by atoms with Crippen molar-refractivity contribution in [2.45, 2.75) is 4.90 Å². The molecule has 2 aromatic rings. The van der Waals surface area contributed by atoms with E-state index in [2.05, 4.69) is 4.98 Å². The van der Waals surface area contributed by atoms with Crippen molar-refractivity contribution in [2.24, 2.45) is 0 Å². The maximum Gasteiger partial charge on any atom is 0.211 e. The Bertz CT molecular complexity index is 569. The van der Waals surface area contributed by atoms with Crippen LogP contribution < -0.4 is 0 Å². The third-order valence-corrected chi connectivity index (χ3v) is 2.85. The zero-order chi connectivity index (χ0) is 12.3. The summed E-state index contributed by atoms with van der Waals surface area (Å²) in [6.45, 7) is 0. The molecule has 1 atom stereocenters. The fraction of sp³-hybridized carbons (Fsp3) is 0. The average Bonchev–Trinajstić information content (AvgIpc) is 2.39. The maximum absolute atomic E-state index is 12.0. The van der Waals surface area contributed by atoms with Crippen LogP contribution in [0.3, 0.4) is 0 Å². The van der Waals surface area contributed by atoms with Crippen molar-refractivity contribution in [1.82, 2.24) is 4.98 Å². The minimum atomic E-state index is -2.08. The maximum atomic E-state index is 12.0. The van der Waals surface area contributed by atoms with Crippen LogP contribution in [0.5, 0.6) is 0 Å². The van der Waals surface area contributed by atoms with Crippen LogP contribution >= 0.6 is 0 Å². The van der Waals surface area contributed by atoms with E-state index >= 15 is 0 Å². The topological polar surface area (TPSA) is 67.3 Å². The van der Waals surface area contributed by atoms with Gasteiger partial charge in [0.05, 0.1) is 4.90 Å². The molecule has 1 aromatic carbocycles. The summed E-state index contributed by atoms with van der Waals surface area (Å²) in [5.74, 6) is -0.266. The van der Waals surface area contributed by atoms with Crippen molar-refractivity contribution >= 4 is 16.9 Å². The Labute approximate surface area is 101 Å². The van der Waals surface area contributed by atoms with Crippen molar-refractivity contribution in [1.29, 1.82) is 0 Å². The molecule has 0 aliphatic rings. The summed E-state index contributed by atoms with van der Waals surface area (Å²) in [4.78, 5) is 16.1. The Balaban J connectivity index is 2.38. The van der Waals surface area contributed by atoms with E-state index in [9.17, 15) is 9.00 Å². The number of benzene rings is 1. The molecule has 0 fully saturated rings. The van der Waals surface area contributed by atoms with Crippen LogP contribution in [0.25, 0.3) is 0 Å². The second-order valence-electron chi connectivity index (χ2n) is 3.32. The summed E-state index contributed by atoms with van der Waals surface area (Å²) < 4.78 is 19.8. The Kier molecular flexibility index (Phi) is 3.41. The standard InChI is InChI=1S/C12H9NO3S/c14-12(11-6-1-2-7-13-11)9-4-3-5-10(8-9)17(15)16/h1-8H,(H,15,16). The fourth-order valence-electron chi connectivity index (χ4n) is 1.39. The lowest BCUT2D eigenvalue weighted by Crippen LogP contribution is -2.04. The highest BCUT2D eigenvalue weighted by Crippen LogP contribution is 2.12. The molecule has 86 valence electrons. The molecule has 0 spiro atoms. The number of carbonyl (C=O) groups excluding carboxylic acids is 1. The highest BCUT2D eigenvalue weighted by Gasteiger charge is 2.11. The molecule has 17 heavy (non-hydrogen) atoms. The minimum absolute atomic E-state index is 0.201. The summed E-state index contributed by atoms with van der Waals surface area (Å²) in [6.07, 6.45) is 1.53. The first kappa shape index (κ1) is 11.6. The van der Waals surface area contributed by atoms with Gasteiger partial charge in [0.25, 0.3) is 0 Å². The predicted molar refractivity (Wildman–Crippen MR) is 63.1 cm³/mol. The molecule has 0 saturated heterocycles. The lowest BCUT2D eigenvalue weighted by molar-refractivity contribution is 0.103. The van der Waals surface area contributed by atoms with Gasteiger partial charge in [-0.15, -0.1) is 0 Å². The minimum Gasteiger partial charge on any atom is -0.302 e. The van der Waals surface area contributed by atoms with Gasteiger partial charge in [0, 0.05) is 11.8 Å². The van der Waals surface area contributed by atoms with Crippen LogP contribution in [0.1, 0.15) is 16.1 Å². The molecule has 1 N–H and O–H groups in total. The molecular weight excluding hydrogens is 238 g/mol. The van der Waals surface area contributed by atoms with Crippen LogP contribution in [-0.4, -0.2) is 19.5 Å². The van der Waals surface area contributed by atoms with Gasteiger partial charge < -0.3 is 4.55 Å². The molecule has 0 amide bonds. The third-order valence-electron chi connectivity index (χ3n) is 2.20. The zero-order valence-electron chi connectivity index (χ0n) is 8.74. The second-order valence-corrected chi connectivity index (χ2v) is 4.29. The van der Waals surface area contributed by atoms with Crippen LogP contribution in [0, 0.1) is 0 Å². The van der Waals surface area contributed by atoms with Gasteiger partial charge in [-0.3, -0.25) is 9.78 Å². The molecular formula is C12H9NO3S. The van der Waals surface area contributed by atoms with E-state index in [1.165, 1.54) is 18.3 Å². The number of ketones is 1. The Morgan fingerprint density at radius 1 is 1.18 bits per heavy atom. The van der Waals surface area contributed by atoms with Gasteiger partial charge in [0.2, 0.25) is 5.78 Å². The van der Waals surface area contributed by atoms with Crippen molar-refractivity contribution in [3.8, 4) is 0 Å². The molecule has 0 radical (unpaired) electrons. The second kappa shape index (κ2) is 4.99. The van der Waals surface area contributed by atoms with Crippen molar-refractivity contribution in [3.63, 3.8) is 0 Å². The number of carbonyl (C=O) groups is 1. The SMILES string of the molecule is O=C(c1cccc(S(=O)O)c1)c1ccccn1. The molecule has 5 heteroatoms. The smallest absolute Gasteiger partial charge is 0.211 e. The van der Waals surface area contributed by atoms with Gasteiger partial charge in [-0.05, 0) is 24.3 Å². The molecule has 4 nitrogen and oxygen atoms in total. The summed E-state index contributed by atoms with van der Waals surface area (Å²) in [5, 5.41) is 0. The lowest BCUT2D eigenvalue weighted by atomic mass is 10.1. The van der Waals surface area contributed by atoms with Gasteiger partial charge in [0.1, 0.15) is 5.69 Å². The number of hydrogen-bond acceptors (Lipinski definition) is 3. The number of pyridine rings is 1. The van der Waals surface area contributed by atoms with Gasteiger partial charge in [-0.2, -0.15) is 0 Å². The molecule has 0 saturated carbocycles. The van der Waals surface area contributed by atoms with E-state index in [1.807, 2.05) is 0 Å². The van der Waals surface area contributed by atoms with Crippen molar-refractivity contribution in [3.05, 3.63) is 59.9 Å². The zero-order valence-corrected chi connectivity index (χ0v) is 9.55. The molecule has 0 aliphatic carbocycles. The Morgan fingerprint density at radius 2 is 2.00 bits per heavy atom. The normalized spacial score (nSPS) is 12.1. The fourth-order valence-corrected chi connectivity index (χ4v) is 1.81. The van der Waals surface area contributed by atoms with Crippen LogP contribution in [0.2, 0.25) is 0 Å². The molecule has 1 aromatic heterocycles. The number of nitrogens with zero attached hydrogens (tertiary/aromatic N) is 1. The predicted octanol–water partition coefficient (Wildman–Crippen LogP) is 1.89. The van der Waals surface area contributed by atoms with Crippen LogP contribution in [-0.2, 0) is 11.1 Å². The third kappa shape index (κ3) is 2.64. The van der Waals surface area contributed by atoms with Crippen LogP contribution in [0.15, 0.2) is 53.6 Å². The highest BCUT2D eigenvalue weighted by atomic mass is 32.2. The number of aromatic nitrogens is 1. The molecule has 1 unspecified atom stereocenters. The van der Waals surface area contributed by atoms with Crippen molar-refractivity contribution in [2.75, 3.05) is 0 Å².